The van der Waals surface area contributed by atoms with E-state index in [9.17, 15) is 4.39 Å². The van der Waals surface area contributed by atoms with Gasteiger partial charge in [-0.25, -0.2) is 4.39 Å². The van der Waals surface area contributed by atoms with E-state index in [1.165, 1.54) is 12.1 Å². The quantitative estimate of drug-likeness (QED) is 0.592. The second-order valence-corrected chi connectivity index (χ2v) is 2.86. The summed E-state index contributed by atoms with van der Waals surface area (Å²) in [7, 11) is 0.839. The first-order valence-corrected chi connectivity index (χ1v) is 4.12. The van der Waals surface area contributed by atoms with Gasteiger partial charge in [-0.15, -0.1) is 0 Å². The Morgan fingerprint density at radius 1 is 1.15 bits per heavy atom. The average Bonchev–Trinajstić information content (AvgIpc) is 2.20. The van der Waals surface area contributed by atoms with E-state index in [0.29, 0.717) is 0 Å². The van der Waals surface area contributed by atoms with Crippen LogP contribution in [-0.4, -0.2) is 7.28 Å². The summed E-state index contributed by atoms with van der Waals surface area (Å²) in [5.74, 6) is 1.72. The fourth-order valence-corrected chi connectivity index (χ4v) is 1.25. The number of ether oxygens (including phenoxy) is 1. The summed E-state index contributed by atoms with van der Waals surface area (Å²) in [6, 6.07) is 6.41. The monoisotopic (exact) mass is 174 g/mol. The molecule has 0 aliphatic carbocycles. The molecule has 1 aliphatic rings. The fraction of sp³-hybridized carbons (Fsp3) is 0. The van der Waals surface area contributed by atoms with Crippen molar-refractivity contribution >= 4 is 12.8 Å². The van der Waals surface area contributed by atoms with Crippen molar-refractivity contribution in [1.82, 2.24) is 0 Å². The highest BCUT2D eigenvalue weighted by Gasteiger charge is 2.04. The number of hydrogen-bond acceptors (Lipinski definition) is 1. The van der Waals surface area contributed by atoms with Crippen molar-refractivity contribution in [2.75, 3.05) is 0 Å². The van der Waals surface area contributed by atoms with Gasteiger partial charge in [-0.2, -0.15) is 0 Å². The molecule has 0 radical (unpaired) electrons. The molecule has 0 fully saturated rings. The van der Waals surface area contributed by atoms with Crippen LogP contribution >= 0.6 is 0 Å². The third kappa shape index (κ3) is 1.80. The molecule has 0 N–H and O–H groups in total. The van der Waals surface area contributed by atoms with Crippen LogP contribution in [0.25, 0.3) is 5.47 Å². The van der Waals surface area contributed by atoms with E-state index < -0.39 is 0 Å². The van der Waals surface area contributed by atoms with Gasteiger partial charge in [0.05, 0.1) is 12.5 Å². The number of halogens is 1. The van der Waals surface area contributed by atoms with Gasteiger partial charge in [0.2, 0.25) is 0 Å². The smallest absolute Gasteiger partial charge is 0.191 e. The molecule has 0 bridgehead atoms. The Morgan fingerprint density at radius 2 is 1.92 bits per heavy atom. The summed E-state index contributed by atoms with van der Waals surface area (Å²) in [5.41, 5.74) is 2.08. The zero-order valence-corrected chi connectivity index (χ0v) is 7.03. The van der Waals surface area contributed by atoms with Crippen molar-refractivity contribution in [2.45, 2.75) is 0 Å². The van der Waals surface area contributed by atoms with Gasteiger partial charge in [0.25, 0.3) is 0 Å². The third-order valence-corrected chi connectivity index (χ3v) is 1.94. The van der Waals surface area contributed by atoms with Gasteiger partial charge >= 0.3 is 0 Å². The predicted octanol–water partition coefficient (Wildman–Crippen LogP) is 2.06. The second kappa shape index (κ2) is 3.48. The first-order valence-electron chi connectivity index (χ1n) is 4.12. The van der Waals surface area contributed by atoms with Gasteiger partial charge in [-0.05, 0) is 23.2 Å². The fourth-order valence-electron chi connectivity index (χ4n) is 1.25. The molecule has 1 aromatic rings. The van der Waals surface area contributed by atoms with E-state index in [2.05, 4.69) is 0 Å². The van der Waals surface area contributed by atoms with Crippen LogP contribution in [0.5, 0.6) is 0 Å². The highest BCUT2D eigenvalue weighted by molar-refractivity contribution is 6.65. The average molecular weight is 174 g/mol. The third-order valence-electron chi connectivity index (χ3n) is 1.94. The van der Waals surface area contributed by atoms with Crippen molar-refractivity contribution < 1.29 is 9.13 Å². The highest BCUT2D eigenvalue weighted by Crippen LogP contribution is 2.16. The lowest BCUT2D eigenvalue weighted by Crippen LogP contribution is -1.97. The molecule has 1 aliphatic heterocycles. The zero-order chi connectivity index (χ0) is 9.10. The molecule has 1 nitrogen and oxygen atoms in total. The molecule has 0 aromatic heterocycles. The number of benzene rings is 1. The maximum atomic E-state index is 12.6. The van der Waals surface area contributed by atoms with Gasteiger partial charge in [0.1, 0.15) is 5.82 Å². The van der Waals surface area contributed by atoms with E-state index in [-0.39, 0.29) is 5.82 Å². The minimum Gasteiger partial charge on any atom is -0.474 e. The van der Waals surface area contributed by atoms with Crippen LogP contribution < -0.4 is 0 Å². The van der Waals surface area contributed by atoms with Crippen LogP contribution in [0.4, 0.5) is 4.39 Å². The molecule has 1 heterocycles. The summed E-state index contributed by atoms with van der Waals surface area (Å²) in [5, 5.41) is 0. The van der Waals surface area contributed by atoms with Crippen molar-refractivity contribution in [3.05, 3.63) is 54.1 Å². The van der Waals surface area contributed by atoms with E-state index in [1.807, 2.05) is 5.98 Å². The van der Waals surface area contributed by atoms with Crippen molar-refractivity contribution in [3.8, 4) is 0 Å². The van der Waals surface area contributed by atoms with Crippen LogP contribution in [0.1, 0.15) is 5.56 Å². The summed E-state index contributed by atoms with van der Waals surface area (Å²) in [4.78, 5) is 0. The molecule has 0 spiro atoms. The maximum absolute atomic E-state index is 12.6. The van der Waals surface area contributed by atoms with Crippen LogP contribution in [0.3, 0.4) is 0 Å². The van der Waals surface area contributed by atoms with Gasteiger partial charge < -0.3 is 4.74 Å². The molecule has 1 aromatic carbocycles. The molecule has 2 rings (SSSR count). The van der Waals surface area contributed by atoms with Gasteiger partial charge in [-0.3, -0.25) is 0 Å². The summed E-state index contributed by atoms with van der Waals surface area (Å²) in [6.07, 6.45) is 3.33. The molecule has 13 heavy (non-hydrogen) atoms. The lowest BCUT2D eigenvalue weighted by molar-refractivity contribution is 0.405. The Labute approximate surface area is 76.8 Å². The van der Waals surface area contributed by atoms with Gasteiger partial charge in [0.15, 0.2) is 7.28 Å². The standard InChI is InChI=1S/C10H8BFO/c12-9-3-1-8(2-4-9)10-7-13-6-5-11-10/h1-7,11H. The topological polar surface area (TPSA) is 9.23 Å². The number of hydrogen-bond donors (Lipinski definition) is 0. The molecule has 0 amide bonds. The first kappa shape index (κ1) is 8.11. The predicted molar refractivity (Wildman–Crippen MR) is 51.8 cm³/mol. The Balaban J connectivity index is 2.25. The summed E-state index contributed by atoms with van der Waals surface area (Å²) >= 11 is 0. The SMILES string of the molecule is Fc1ccc(C2=COC=CB2)cc1. The van der Waals surface area contributed by atoms with Crippen molar-refractivity contribution in [1.29, 1.82) is 0 Å². The Morgan fingerprint density at radius 3 is 2.54 bits per heavy atom. The molecule has 0 atom stereocenters. The van der Waals surface area contributed by atoms with Crippen LogP contribution in [0, 0.1) is 5.82 Å². The lowest BCUT2D eigenvalue weighted by Gasteiger charge is -2.07. The maximum Gasteiger partial charge on any atom is 0.191 e. The largest absolute Gasteiger partial charge is 0.474 e. The van der Waals surface area contributed by atoms with Crippen molar-refractivity contribution in [2.24, 2.45) is 0 Å². The number of rotatable bonds is 1. The Kier molecular flexibility index (Phi) is 2.17. The Hall–Kier alpha value is -1.51. The van der Waals surface area contributed by atoms with E-state index in [4.69, 9.17) is 4.74 Å². The van der Waals surface area contributed by atoms with Gasteiger partial charge in [-0.1, -0.05) is 18.1 Å². The highest BCUT2D eigenvalue weighted by atomic mass is 19.1. The van der Waals surface area contributed by atoms with Crippen molar-refractivity contribution in [3.63, 3.8) is 0 Å². The van der Waals surface area contributed by atoms with Gasteiger partial charge in [0, 0.05) is 0 Å². The lowest BCUT2D eigenvalue weighted by atomic mass is 9.67. The molecule has 0 saturated carbocycles. The van der Waals surface area contributed by atoms with E-state index in [0.717, 1.165) is 18.3 Å². The molecular weight excluding hydrogens is 166 g/mol. The summed E-state index contributed by atoms with van der Waals surface area (Å²) < 4.78 is 17.6. The molecular formula is C10H8BFO. The normalized spacial score (nSPS) is 14.4. The minimum atomic E-state index is -0.211. The molecule has 0 saturated heterocycles. The molecule has 64 valence electrons. The zero-order valence-electron chi connectivity index (χ0n) is 7.03. The van der Waals surface area contributed by atoms with E-state index >= 15 is 0 Å². The van der Waals surface area contributed by atoms with Crippen LogP contribution in [0.15, 0.2) is 42.8 Å². The van der Waals surface area contributed by atoms with Crippen LogP contribution in [-0.2, 0) is 4.74 Å². The minimum absolute atomic E-state index is 0.211. The second-order valence-electron chi connectivity index (χ2n) is 2.86. The first-order chi connectivity index (χ1) is 6.36. The molecule has 0 unspecified atom stereocenters. The Bertz CT molecular complexity index is 354. The van der Waals surface area contributed by atoms with E-state index in [1.54, 1.807) is 24.7 Å². The van der Waals surface area contributed by atoms with Crippen LogP contribution in [0.2, 0.25) is 0 Å². The summed E-state index contributed by atoms with van der Waals surface area (Å²) in [6.45, 7) is 0. The molecule has 3 heteroatoms.